The molecule has 0 bridgehead atoms. The van der Waals surface area contributed by atoms with Gasteiger partial charge in [-0.15, -0.1) is 0 Å². The Morgan fingerprint density at radius 3 is 2.59 bits per heavy atom. The Bertz CT molecular complexity index is 801. The number of carbonyl (C=O) groups excluding carboxylic acids is 2. The number of carbonyl (C=O) groups is 2. The van der Waals surface area contributed by atoms with Gasteiger partial charge in [0.1, 0.15) is 23.2 Å². The lowest BCUT2D eigenvalue weighted by Gasteiger charge is -2.05. The maximum absolute atomic E-state index is 13.7. The number of hydrogen-bond acceptors (Lipinski definition) is 4. The number of aryl methyl sites for hydroxylation is 1. The summed E-state index contributed by atoms with van der Waals surface area (Å²) in [4.78, 5) is 23.6. The van der Waals surface area contributed by atoms with E-state index in [2.05, 4.69) is 5.32 Å². The van der Waals surface area contributed by atoms with Crippen molar-refractivity contribution in [1.29, 1.82) is 5.26 Å². The van der Waals surface area contributed by atoms with Gasteiger partial charge in [-0.2, -0.15) is 5.26 Å². The monoisotopic (exact) mass is 320 g/mol. The Labute approximate surface area is 130 Å². The lowest BCUT2D eigenvalue weighted by Crippen LogP contribution is -2.15. The van der Waals surface area contributed by atoms with Crippen molar-refractivity contribution in [1.82, 2.24) is 0 Å². The van der Waals surface area contributed by atoms with E-state index in [0.29, 0.717) is 0 Å². The third-order valence-electron chi connectivity index (χ3n) is 2.97. The molecule has 1 aromatic heterocycles. The second kappa shape index (κ2) is 6.00. The molecule has 0 atom stereocenters. The number of hydrogen-bond donors (Lipinski definition) is 1. The highest BCUT2D eigenvalue weighted by Gasteiger charge is 2.24. The van der Waals surface area contributed by atoms with Crippen molar-refractivity contribution in [2.75, 3.05) is 5.32 Å². The van der Waals surface area contributed by atoms with Gasteiger partial charge in [-0.05, 0) is 26.0 Å². The van der Waals surface area contributed by atoms with Gasteiger partial charge < -0.3 is 4.42 Å². The van der Waals surface area contributed by atoms with E-state index in [-0.39, 0.29) is 39.1 Å². The van der Waals surface area contributed by atoms with E-state index < -0.39 is 11.7 Å². The molecule has 0 unspecified atom stereocenters. The highest BCUT2D eigenvalue weighted by Crippen LogP contribution is 2.28. The smallest absolute Gasteiger partial charge is 0.262 e. The van der Waals surface area contributed by atoms with E-state index in [1.54, 1.807) is 6.07 Å². The van der Waals surface area contributed by atoms with Crippen LogP contribution in [0.15, 0.2) is 22.6 Å². The molecule has 0 radical (unpaired) electrons. The molecule has 0 saturated carbocycles. The summed E-state index contributed by atoms with van der Waals surface area (Å²) in [7, 11) is 0. The van der Waals surface area contributed by atoms with E-state index in [1.807, 2.05) is 0 Å². The molecule has 5 nitrogen and oxygen atoms in total. The first kappa shape index (κ1) is 15.7. The predicted octanol–water partition coefficient (Wildman–Crippen LogP) is 3.71. The molecular formula is C15H10ClFN2O3. The first-order valence-electron chi connectivity index (χ1n) is 6.16. The zero-order valence-corrected chi connectivity index (χ0v) is 12.4. The molecule has 1 heterocycles. The molecule has 0 spiro atoms. The van der Waals surface area contributed by atoms with Crippen molar-refractivity contribution in [2.24, 2.45) is 0 Å². The number of anilines is 1. The fourth-order valence-corrected chi connectivity index (χ4v) is 2.29. The van der Waals surface area contributed by atoms with Crippen LogP contribution in [0.25, 0.3) is 0 Å². The van der Waals surface area contributed by atoms with E-state index in [9.17, 15) is 14.0 Å². The second-order valence-corrected chi connectivity index (χ2v) is 4.86. The number of amides is 1. The maximum atomic E-state index is 13.7. The number of furan rings is 1. The van der Waals surface area contributed by atoms with Crippen LogP contribution in [0.2, 0.25) is 5.02 Å². The Morgan fingerprint density at radius 1 is 1.36 bits per heavy atom. The van der Waals surface area contributed by atoms with E-state index in [0.717, 1.165) is 6.07 Å². The molecule has 112 valence electrons. The molecule has 2 rings (SSSR count). The highest BCUT2D eigenvalue weighted by atomic mass is 35.5. The fourth-order valence-electron chi connectivity index (χ4n) is 2.04. The second-order valence-electron chi connectivity index (χ2n) is 4.46. The lowest BCUT2D eigenvalue weighted by molar-refractivity contribution is 0.101. The zero-order valence-electron chi connectivity index (χ0n) is 11.7. The van der Waals surface area contributed by atoms with Crippen LogP contribution < -0.4 is 5.32 Å². The van der Waals surface area contributed by atoms with Crippen molar-refractivity contribution in [3.05, 3.63) is 51.5 Å². The average molecular weight is 321 g/mol. The van der Waals surface area contributed by atoms with Gasteiger partial charge in [-0.1, -0.05) is 17.7 Å². The minimum Gasteiger partial charge on any atom is -0.443 e. The number of nitriles is 1. The zero-order chi connectivity index (χ0) is 16.4. The van der Waals surface area contributed by atoms with Crippen LogP contribution in [0.3, 0.4) is 0 Å². The quantitative estimate of drug-likeness (QED) is 0.874. The largest absolute Gasteiger partial charge is 0.443 e. The molecule has 0 aliphatic carbocycles. The molecule has 0 aliphatic heterocycles. The number of Topliss-reactive ketones (excluding diaryl/α,β-unsaturated/α-hetero) is 1. The number of nitrogens with zero attached hydrogens (tertiary/aromatic N) is 1. The van der Waals surface area contributed by atoms with E-state index >= 15 is 0 Å². The number of ketones is 1. The summed E-state index contributed by atoms with van der Waals surface area (Å²) < 4.78 is 18.9. The summed E-state index contributed by atoms with van der Waals surface area (Å²) in [6.45, 7) is 2.77. The van der Waals surface area contributed by atoms with Crippen LogP contribution in [-0.4, -0.2) is 11.7 Å². The SMILES string of the molecule is CC(=O)c1c(C)oc(NC(=O)c2c(F)cccc2Cl)c1C#N. The Balaban J connectivity index is 2.44. The number of rotatable bonds is 3. The third kappa shape index (κ3) is 2.71. The van der Waals surface area contributed by atoms with Gasteiger partial charge in [0.2, 0.25) is 5.88 Å². The minimum atomic E-state index is -0.872. The minimum absolute atomic E-state index is 0.0777. The van der Waals surface area contributed by atoms with Gasteiger partial charge >= 0.3 is 0 Å². The van der Waals surface area contributed by atoms with Crippen LogP contribution in [0.5, 0.6) is 0 Å². The van der Waals surface area contributed by atoms with Gasteiger partial charge in [0.25, 0.3) is 5.91 Å². The van der Waals surface area contributed by atoms with Crippen molar-refractivity contribution in [2.45, 2.75) is 13.8 Å². The normalized spacial score (nSPS) is 10.1. The van der Waals surface area contributed by atoms with Crippen LogP contribution in [0.1, 0.15) is 39.0 Å². The lowest BCUT2D eigenvalue weighted by atomic mass is 10.1. The molecule has 1 amide bonds. The summed E-state index contributed by atoms with van der Waals surface area (Å²) >= 11 is 5.80. The fraction of sp³-hybridized carbons (Fsp3) is 0.133. The highest BCUT2D eigenvalue weighted by molar-refractivity contribution is 6.34. The molecule has 0 aliphatic rings. The number of nitrogens with one attached hydrogen (secondary N) is 1. The van der Waals surface area contributed by atoms with Crippen LogP contribution >= 0.6 is 11.6 Å². The summed E-state index contributed by atoms with van der Waals surface area (Å²) in [5.74, 6) is -2.07. The van der Waals surface area contributed by atoms with E-state index in [1.165, 1.54) is 26.0 Å². The first-order valence-corrected chi connectivity index (χ1v) is 6.54. The molecule has 1 N–H and O–H groups in total. The molecule has 2 aromatic rings. The van der Waals surface area contributed by atoms with Crippen molar-refractivity contribution >= 4 is 29.2 Å². The summed E-state index contributed by atoms with van der Waals surface area (Å²) in [6, 6.07) is 5.60. The summed E-state index contributed by atoms with van der Waals surface area (Å²) in [5, 5.41) is 11.3. The first-order chi connectivity index (χ1) is 10.4. The van der Waals surface area contributed by atoms with Crippen LogP contribution in [0, 0.1) is 24.1 Å². The Morgan fingerprint density at radius 2 is 2.05 bits per heavy atom. The summed E-state index contributed by atoms with van der Waals surface area (Å²) in [6.07, 6.45) is 0. The third-order valence-corrected chi connectivity index (χ3v) is 3.28. The molecule has 1 aromatic carbocycles. The van der Waals surface area contributed by atoms with E-state index in [4.69, 9.17) is 21.3 Å². The van der Waals surface area contributed by atoms with Crippen molar-refractivity contribution in [3.8, 4) is 6.07 Å². The van der Waals surface area contributed by atoms with Crippen molar-refractivity contribution in [3.63, 3.8) is 0 Å². The number of halogens is 2. The maximum Gasteiger partial charge on any atom is 0.262 e. The Kier molecular flexibility index (Phi) is 4.29. The van der Waals surface area contributed by atoms with Gasteiger partial charge in [0.15, 0.2) is 5.78 Å². The van der Waals surface area contributed by atoms with Gasteiger partial charge in [0.05, 0.1) is 16.1 Å². The topological polar surface area (TPSA) is 83.1 Å². The van der Waals surface area contributed by atoms with Gasteiger partial charge in [-0.25, -0.2) is 4.39 Å². The molecular weight excluding hydrogens is 311 g/mol. The van der Waals surface area contributed by atoms with Gasteiger partial charge in [-0.3, -0.25) is 14.9 Å². The average Bonchev–Trinajstić information content (AvgIpc) is 2.74. The Hall–Kier alpha value is -2.65. The summed E-state index contributed by atoms with van der Waals surface area (Å²) in [5.41, 5.74) is -0.394. The molecule has 7 heteroatoms. The molecule has 0 fully saturated rings. The standard InChI is InChI=1S/C15H10ClFN2O3/c1-7(20)12-8(2)22-15(9(12)6-18)19-14(21)13-10(16)4-3-5-11(13)17/h3-5H,1-2H3,(H,19,21). The number of benzene rings is 1. The molecule has 0 saturated heterocycles. The molecule has 22 heavy (non-hydrogen) atoms. The van der Waals surface area contributed by atoms with Gasteiger partial charge in [0, 0.05) is 0 Å². The van der Waals surface area contributed by atoms with Crippen LogP contribution in [0.4, 0.5) is 10.3 Å². The van der Waals surface area contributed by atoms with Crippen molar-refractivity contribution < 1.29 is 18.4 Å². The predicted molar refractivity (Wildman–Crippen MR) is 77.5 cm³/mol. The van der Waals surface area contributed by atoms with Crippen LogP contribution in [-0.2, 0) is 0 Å².